The molecule has 1 amide bonds. The number of halogens is 2. The van der Waals surface area contributed by atoms with Gasteiger partial charge in [-0.2, -0.15) is 0 Å². The van der Waals surface area contributed by atoms with Crippen molar-refractivity contribution in [2.45, 2.75) is 31.1 Å². The van der Waals surface area contributed by atoms with Gasteiger partial charge in [0.25, 0.3) is 5.91 Å². The molecule has 1 N–H and O–H groups in total. The maximum Gasteiger partial charge on any atom is 0.252 e. The van der Waals surface area contributed by atoms with Gasteiger partial charge in [-0.15, -0.1) is 0 Å². The SMILES string of the molecule is O=C(NCC1(c2ccccc2)CCCC1)c1ccc(F)cc1Br. The molecule has 0 bridgehead atoms. The molecule has 0 spiro atoms. The Morgan fingerprint density at radius 3 is 2.48 bits per heavy atom. The summed E-state index contributed by atoms with van der Waals surface area (Å²) in [6.45, 7) is 0.611. The molecule has 1 aliphatic rings. The molecular weight excluding hydrogens is 357 g/mol. The Kier molecular flexibility index (Phi) is 4.81. The fourth-order valence-electron chi connectivity index (χ4n) is 3.43. The predicted molar refractivity (Wildman–Crippen MR) is 93.0 cm³/mol. The van der Waals surface area contributed by atoms with Gasteiger partial charge in [-0.25, -0.2) is 4.39 Å². The lowest BCUT2D eigenvalue weighted by molar-refractivity contribution is 0.0942. The summed E-state index contributed by atoms with van der Waals surface area (Å²) in [5.41, 5.74) is 1.77. The Morgan fingerprint density at radius 1 is 1.13 bits per heavy atom. The van der Waals surface area contributed by atoms with Gasteiger partial charge in [0.15, 0.2) is 0 Å². The van der Waals surface area contributed by atoms with Gasteiger partial charge < -0.3 is 5.32 Å². The van der Waals surface area contributed by atoms with E-state index in [1.54, 1.807) is 0 Å². The van der Waals surface area contributed by atoms with E-state index < -0.39 is 0 Å². The van der Waals surface area contributed by atoms with Crippen molar-refractivity contribution >= 4 is 21.8 Å². The zero-order valence-electron chi connectivity index (χ0n) is 12.8. The molecule has 120 valence electrons. The van der Waals surface area contributed by atoms with E-state index in [0.29, 0.717) is 16.6 Å². The van der Waals surface area contributed by atoms with Crippen LogP contribution in [0.3, 0.4) is 0 Å². The summed E-state index contributed by atoms with van der Waals surface area (Å²) in [6.07, 6.45) is 4.54. The zero-order valence-corrected chi connectivity index (χ0v) is 14.4. The third-order valence-electron chi connectivity index (χ3n) is 4.71. The number of nitrogens with one attached hydrogen (secondary N) is 1. The highest BCUT2D eigenvalue weighted by Crippen LogP contribution is 2.40. The summed E-state index contributed by atoms with van der Waals surface area (Å²) >= 11 is 3.26. The third kappa shape index (κ3) is 3.47. The van der Waals surface area contributed by atoms with Gasteiger partial charge in [0.1, 0.15) is 5.82 Å². The molecule has 0 radical (unpaired) electrons. The first kappa shape index (κ1) is 16.2. The summed E-state index contributed by atoms with van der Waals surface area (Å²) in [5, 5.41) is 3.05. The minimum Gasteiger partial charge on any atom is -0.351 e. The van der Waals surface area contributed by atoms with Crippen molar-refractivity contribution in [3.05, 3.63) is 69.9 Å². The fraction of sp³-hybridized carbons (Fsp3) is 0.316. The lowest BCUT2D eigenvalue weighted by Gasteiger charge is -2.30. The van der Waals surface area contributed by atoms with Gasteiger partial charge in [-0.3, -0.25) is 4.79 Å². The van der Waals surface area contributed by atoms with E-state index in [9.17, 15) is 9.18 Å². The van der Waals surface area contributed by atoms with Gasteiger partial charge >= 0.3 is 0 Å². The minimum absolute atomic E-state index is 0.0173. The van der Waals surface area contributed by atoms with Gasteiger partial charge in [-0.05, 0) is 52.5 Å². The molecule has 0 aliphatic heterocycles. The van der Waals surface area contributed by atoms with Crippen LogP contribution in [0.15, 0.2) is 53.0 Å². The summed E-state index contributed by atoms with van der Waals surface area (Å²) in [4.78, 5) is 12.4. The van der Waals surface area contributed by atoms with Crippen LogP contribution in [-0.4, -0.2) is 12.5 Å². The van der Waals surface area contributed by atoms with E-state index >= 15 is 0 Å². The predicted octanol–water partition coefficient (Wildman–Crippen LogP) is 4.83. The second kappa shape index (κ2) is 6.83. The number of carbonyl (C=O) groups is 1. The van der Waals surface area contributed by atoms with Crippen LogP contribution in [0.4, 0.5) is 4.39 Å². The number of rotatable bonds is 4. The Hall–Kier alpha value is -1.68. The Morgan fingerprint density at radius 2 is 1.83 bits per heavy atom. The van der Waals surface area contributed by atoms with Crippen LogP contribution < -0.4 is 5.32 Å². The molecule has 2 aromatic rings. The summed E-state index contributed by atoms with van der Waals surface area (Å²) in [5.74, 6) is -0.524. The normalized spacial score (nSPS) is 16.3. The van der Waals surface area contributed by atoms with Crippen molar-refractivity contribution in [1.29, 1.82) is 0 Å². The molecule has 1 saturated carbocycles. The summed E-state index contributed by atoms with van der Waals surface area (Å²) in [6, 6.07) is 14.5. The van der Waals surface area contributed by atoms with Crippen molar-refractivity contribution in [1.82, 2.24) is 5.32 Å². The minimum atomic E-state index is -0.357. The maximum absolute atomic E-state index is 13.2. The van der Waals surface area contributed by atoms with E-state index in [4.69, 9.17) is 0 Å². The van der Waals surface area contributed by atoms with Crippen LogP contribution in [0.2, 0.25) is 0 Å². The highest BCUT2D eigenvalue weighted by Gasteiger charge is 2.35. The first-order valence-electron chi connectivity index (χ1n) is 7.90. The Labute approximate surface area is 144 Å². The zero-order chi connectivity index (χ0) is 16.3. The monoisotopic (exact) mass is 375 g/mol. The molecule has 0 atom stereocenters. The molecule has 2 aromatic carbocycles. The van der Waals surface area contributed by atoms with E-state index in [1.165, 1.54) is 36.6 Å². The van der Waals surface area contributed by atoms with E-state index in [-0.39, 0.29) is 17.1 Å². The molecule has 2 nitrogen and oxygen atoms in total. The molecular formula is C19H19BrFNO. The number of amides is 1. The maximum atomic E-state index is 13.2. The molecule has 0 aromatic heterocycles. The van der Waals surface area contributed by atoms with Gasteiger partial charge in [0, 0.05) is 16.4 Å². The fourth-order valence-corrected chi connectivity index (χ4v) is 3.96. The summed E-state index contributed by atoms with van der Waals surface area (Å²) < 4.78 is 13.6. The first-order chi connectivity index (χ1) is 11.1. The van der Waals surface area contributed by atoms with Gasteiger partial charge in [-0.1, -0.05) is 43.2 Å². The Bertz CT molecular complexity index is 696. The smallest absolute Gasteiger partial charge is 0.252 e. The Balaban J connectivity index is 1.76. The van der Waals surface area contributed by atoms with Crippen molar-refractivity contribution in [2.75, 3.05) is 6.54 Å². The molecule has 0 heterocycles. The van der Waals surface area contributed by atoms with Crippen LogP contribution in [0, 0.1) is 5.82 Å². The van der Waals surface area contributed by atoms with Crippen molar-refractivity contribution in [2.24, 2.45) is 0 Å². The lowest BCUT2D eigenvalue weighted by atomic mass is 9.79. The average Bonchev–Trinajstić information content (AvgIpc) is 3.04. The number of hydrogen-bond donors (Lipinski definition) is 1. The highest BCUT2D eigenvalue weighted by molar-refractivity contribution is 9.10. The standard InChI is InChI=1S/C19H19BrFNO/c20-17-12-15(21)8-9-16(17)18(23)22-13-19(10-4-5-11-19)14-6-2-1-3-7-14/h1-3,6-9,12H,4-5,10-11,13H2,(H,22,23). The second-order valence-electron chi connectivity index (χ2n) is 6.16. The molecule has 3 rings (SSSR count). The van der Waals surface area contributed by atoms with E-state index in [1.807, 2.05) is 18.2 Å². The number of hydrogen-bond acceptors (Lipinski definition) is 1. The molecule has 1 fully saturated rings. The van der Waals surface area contributed by atoms with Crippen LogP contribution >= 0.6 is 15.9 Å². The van der Waals surface area contributed by atoms with Crippen molar-refractivity contribution in [3.63, 3.8) is 0 Å². The molecule has 0 unspecified atom stereocenters. The molecule has 4 heteroatoms. The van der Waals surface area contributed by atoms with E-state index in [2.05, 4.69) is 33.4 Å². The van der Waals surface area contributed by atoms with Crippen molar-refractivity contribution < 1.29 is 9.18 Å². The van der Waals surface area contributed by atoms with Crippen LogP contribution in [0.25, 0.3) is 0 Å². The second-order valence-corrected chi connectivity index (χ2v) is 7.01. The molecule has 1 aliphatic carbocycles. The van der Waals surface area contributed by atoms with Crippen LogP contribution in [0.1, 0.15) is 41.6 Å². The van der Waals surface area contributed by atoms with Gasteiger partial charge in [0.05, 0.1) is 5.56 Å². The van der Waals surface area contributed by atoms with Crippen LogP contribution in [0.5, 0.6) is 0 Å². The third-order valence-corrected chi connectivity index (χ3v) is 5.37. The summed E-state index contributed by atoms with van der Waals surface area (Å²) in [7, 11) is 0. The van der Waals surface area contributed by atoms with Gasteiger partial charge in [0.2, 0.25) is 0 Å². The molecule has 23 heavy (non-hydrogen) atoms. The lowest BCUT2D eigenvalue weighted by Crippen LogP contribution is -2.39. The largest absolute Gasteiger partial charge is 0.351 e. The number of benzene rings is 2. The highest BCUT2D eigenvalue weighted by atomic mass is 79.9. The average molecular weight is 376 g/mol. The topological polar surface area (TPSA) is 29.1 Å². The van der Waals surface area contributed by atoms with Crippen molar-refractivity contribution in [3.8, 4) is 0 Å². The number of carbonyl (C=O) groups excluding carboxylic acids is 1. The van der Waals surface area contributed by atoms with E-state index in [0.717, 1.165) is 12.8 Å². The first-order valence-corrected chi connectivity index (χ1v) is 8.69. The molecule has 0 saturated heterocycles. The van der Waals surface area contributed by atoms with Crippen LogP contribution in [-0.2, 0) is 5.41 Å². The quantitative estimate of drug-likeness (QED) is 0.814.